The van der Waals surface area contributed by atoms with Gasteiger partial charge in [0.1, 0.15) is 6.04 Å². The van der Waals surface area contributed by atoms with E-state index in [1.807, 2.05) is 0 Å². The molecule has 1 heterocycles. The van der Waals surface area contributed by atoms with E-state index in [0.717, 1.165) is 4.90 Å². The first-order valence-corrected chi connectivity index (χ1v) is 6.83. The molecular weight excluding hydrogens is 295 g/mol. The van der Waals surface area contributed by atoms with Gasteiger partial charge < -0.3 is 10.0 Å². The van der Waals surface area contributed by atoms with Gasteiger partial charge in [0.05, 0.1) is 0 Å². The second-order valence-electron chi connectivity index (χ2n) is 4.18. The van der Waals surface area contributed by atoms with E-state index in [9.17, 15) is 22.8 Å². The second-order valence-corrected chi connectivity index (χ2v) is 5.33. The number of carboxylic acids is 1. The molecule has 0 aromatic heterocycles. The van der Waals surface area contributed by atoms with Gasteiger partial charge in [0, 0.05) is 23.6 Å². The Bertz CT molecular complexity index is 544. The van der Waals surface area contributed by atoms with Gasteiger partial charge in [0.15, 0.2) is 17.5 Å². The zero-order chi connectivity index (χ0) is 14.9. The minimum atomic E-state index is -1.66. The van der Waals surface area contributed by atoms with Crippen LogP contribution in [0.4, 0.5) is 13.2 Å². The van der Waals surface area contributed by atoms with Crippen molar-refractivity contribution in [1.82, 2.24) is 4.90 Å². The fraction of sp³-hybridized carbons (Fsp3) is 0.333. The normalized spacial score (nSPS) is 18.9. The van der Waals surface area contributed by atoms with Gasteiger partial charge in [-0.05, 0) is 12.1 Å². The summed E-state index contributed by atoms with van der Waals surface area (Å²) in [7, 11) is 0. The first kappa shape index (κ1) is 14.7. The standard InChI is InChI=1S/C12H10F3NO3S/c13-7-3-6(4-8(14)10(7)15)11(17)16-1-2-20-5-9(16)12(18)19/h3-4,9H,1-2,5H2,(H,18,19). The molecule has 1 aliphatic rings. The van der Waals surface area contributed by atoms with Crippen molar-refractivity contribution in [3.63, 3.8) is 0 Å². The molecule has 0 spiro atoms. The quantitative estimate of drug-likeness (QED) is 0.846. The van der Waals surface area contributed by atoms with Gasteiger partial charge in [-0.1, -0.05) is 0 Å². The van der Waals surface area contributed by atoms with E-state index in [4.69, 9.17) is 5.11 Å². The summed E-state index contributed by atoms with van der Waals surface area (Å²) in [4.78, 5) is 24.2. The average Bonchev–Trinajstić information content (AvgIpc) is 2.43. The van der Waals surface area contributed by atoms with Crippen LogP contribution in [0.1, 0.15) is 10.4 Å². The molecule has 20 heavy (non-hydrogen) atoms. The molecule has 108 valence electrons. The van der Waals surface area contributed by atoms with Gasteiger partial charge in [-0.15, -0.1) is 0 Å². The summed E-state index contributed by atoms with van der Waals surface area (Å²) < 4.78 is 39.1. The van der Waals surface area contributed by atoms with Crippen LogP contribution in [0.15, 0.2) is 12.1 Å². The first-order valence-electron chi connectivity index (χ1n) is 5.68. The molecule has 1 aromatic carbocycles. The highest BCUT2D eigenvalue weighted by atomic mass is 32.2. The molecule has 0 bridgehead atoms. The van der Waals surface area contributed by atoms with E-state index in [0.29, 0.717) is 17.9 Å². The Kier molecular flexibility index (Phi) is 4.22. The van der Waals surface area contributed by atoms with Crippen molar-refractivity contribution in [1.29, 1.82) is 0 Å². The number of thioether (sulfide) groups is 1. The van der Waals surface area contributed by atoms with Crippen LogP contribution in [0.5, 0.6) is 0 Å². The van der Waals surface area contributed by atoms with Crippen LogP contribution in [-0.2, 0) is 4.79 Å². The molecule has 1 aliphatic heterocycles. The second kappa shape index (κ2) is 5.74. The molecule has 0 radical (unpaired) electrons. The van der Waals surface area contributed by atoms with Crippen molar-refractivity contribution in [2.24, 2.45) is 0 Å². The molecule has 1 saturated heterocycles. The fourth-order valence-electron chi connectivity index (χ4n) is 1.90. The summed E-state index contributed by atoms with van der Waals surface area (Å²) in [6.07, 6.45) is 0. The maximum atomic E-state index is 13.1. The number of benzene rings is 1. The smallest absolute Gasteiger partial charge is 0.327 e. The lowest BCUT2D eigenvalue weighted by atomic mass is 10.1. The Morgan fingerprint density at radius 3 is 2.40 bits per heavy atom. The zero-order valence-electron chi connectivity index (χ0n) is 10.1. The first-order chi connectivity index (χ1) is 9.41. The lowest BCUT2D eigenvalue weighted by molar-refractivity contribution is -0.141. The molecule has 1 amide bonds. The summed E-state index contributed by atoms with van der Waals surface area (Å²) in [5.41, 5.74) is -0.403. The topological polar surface area (TPSA) is 57.6 Å². The number of hydrogen-bond acceptors (Lipinski definition) is 3. The number of carbonyl (C=O) groups excluding carboxylic acids is 1. The summed E-state index contributed by atoms with van der Waals surface area (Å²) in [5.74, 6) is -5.90. The van der Waals surface area contributed by atoms with Crippen molar-refractivity contribution in [2.75, 3.05) is 18.1 Å². The lowest BCUT2D eigenvalue weighted by Gasteiger charge is -2.32. The summed E-state index contributed by atoms with van der Waals surface area (Å²) >= 11 is 1.37. The summed E-state index contributed by atoms with van der Waals surface area (Å²) in [6, 6.07) is 0.0837. The Labute approximate surface area is 116 Å². The van der Waals surface area contributed by atoms with Crippen LogP contribution in [-0.4, -0.2) is 46.0 Å². The number of aliphatic carboxylic acids is 1. The monoisotopic (exact) mass is 305 g/mol. The number of carboxylic acid groups (broad SMARTS) is 1. The van der Waals surface area contributed by atoms with Gasteiger partial charge in [-0.2, -0.15) is 11.8 Å². The highest BCUT2D eigenvalue weighted by molar-refractivity contribution is 7.99. The van der Waals surface area contributed by atoms with E-state index in [-0.39, 0.29) is 12.3 Å². The predicted molar refractivity (Wildman–Crippen MR) is 66.1 cm³/mol. The third-order valence-electron chi connectivity index (χ3n) is 2.91. The largest absolute Gasteiger partial charge is 0.480 e. The summed E-state index contributed by atoms with van der Waals surface area (Å²) in [6.45, 7) is 0.154. The Hall–Kier alpha value is -1.70. The van der Waals surface area contributed by atoms with Crippen LogP contribution in [0.25, 0.3) is 0 Å². The molecule has 1 fully saturated rings. The third kappa shape index (κ3) is 2.74. The van der Waals surface area contributed by atoms with E-state index in [2.05, 4.69) is 0 Å². The molecule has 8 heteroatoms. The van der Waals surface area contributed by atoms with Crippen molar-refractivity contribution in [3.8, 4) is 0 Å². The maximum Gasteiger partial charge on any atom is 0.327 e. The molecule has 1 unspecified atom stereocenters. The number of carbonyl (C=O) groups is 2. The van der Waals surface area contributed by atoms with Crippen LogP contribution in [0.2, 0.25) is 0 Å². The maximum absolute atomic E-state index is 13.1. The number of amides is 1. The van der Waals surface area contributed by atoms with Crippen LogP contribution in [0, 0.1) is 17.5 Å². The van der Waals surface area contributed by atoms with Gasteiger partial charge in [0.25, 0.3) is 5.91 Å². The zero-order valence-corrected chi connectivity index (χ0v) is 10.9. The predicted octanol–water partition coefficient (Wildman–Crippen LogP) is 1.75. The Morgan fingerprint density at radius 2 is 1.85 bits per heavy atom. The molecule has 1 atom stereocenters. The number of nitrogens with zero attached hydrogens (tertiary/aromatic N) is 1. The minimum Gasteiger partial charge on any atom is -0.480 e. The highest BCUT2D eigenvalue weighted by Crippen LogP contribution is 2.21. The van der Waals surface area contributed by atoms with E-state index >= 15 is 0 Å². The Balaban J connectivity index is 2.32. The molecule has 1 aromatic rings. The van der Waals surface area contributed by atoms with Gasteiger partial charge >= 0.3 is 5.97 Å². The van der Waals surface area contributed by atoms with Crippen LogP contribution in [0.3, 0.4) is 0 Å². The van der Waals surface area contributed by atoms with Gasteiger partial charge in [-0.25, -0.2) is 18.0 Å². The van der Waals surface area contributed by atoms with Crippen LogP contribution >= 0.6 is 11.8 Å². The number of halogens is 3. The molecule has 1 N–H and O–H groups in total. The SMILES string of the molecule is O=C(O)C1CSCCN1C(=O)c1cc(F)c(F)c(F)c1. The number of rotatable bonds is 2. The van der Waals surface area contributed by atoms with E-state index in [1.54, 1.807) is 0 Å². The summed E-state index contributed by atoms with van der Waals surface area (Å²) in [5, 5.41) is 9.04. The highest BCUT2D eigenvalue weighted by Gasteiger charge is 2.33. The van der Waals surface area contributed by atoms with Crippen molar-refractivity contribution < 1.29 is 27.9 Å². The fourth-order valence-corrected chi connectivity index (χ4v) is 2.93. The van der Waals surface area contributed by atoms with E-state index in [1.165, 1.54) is 11.8 Å². The van der Waals surface area contributed by atoms with Gasteiger partial charge in [-0.3, -0.25) is 4.79 Å². The Morgan fingerprint density at radius 1 is 1.25 bits per heavy atom. The molecular formula is C12H10F3NO3S. The van der Waals surface area contributed by atoms with Crippen molar-refractivity contribution in [3.05, 3.63) is 35.1 Å². The minimum absolute atomic E-state index is 0.154. The lowest BCUT2D eigenvalue weighted by Crippen LogP contribution is -2.50. The number of hydrogen-bond donors (Lipinski definition) is 1. The molecule has 4 nitrogen and oxygen atoms in total. The van der Waals surface area contributed by atoms with Crippen molar-refractivity contribution in [2.45, 2.75) is 6.04 Å². The van der Waals surface area contributed by atoms with E-state index < -0.39 is 40.9 Å². The third-order valence-corrected chi connectivity index (χ3v) is 3.93. The van der Waals surface area contributed by atoms with Crippen molar-refractivity contribution >= 4 is 23.6 Å². The molecule has 0 saturated carbocycles. The molecule has 2 rings (SSSR count). The van der Waals surface area contributed by atoms with Crippen LogP contribution < -0.4 is 0 Å². The average molecular weight is 305 g/mol. The molecule has 0 aliphatic carbocycles. The van der Waals surface area contributed by atoms with Gasteiger partial charge in [0.2, 0.25) is 0 Å².